The zero-order valence-electron chi connectivity index (χ0n) is 14.3. The molecule has 1 N–H and O–H groups in total. The fourth-order valence-electron chi connectivity index (χ4n) is 3.34. The lowest BCUT2D eigenvalue weighted by Gasteiger charge is -2.31. The molecule has 0 radical (unpaired) electrons. The first-order chi connectivity index (χ1) is 11.5. The SMILES string of the molecule is CC(=O)Nc1ccc(C(=O)N2CCCc3c(C)cc(C)cc32)cc1. The van der Waals surface area contributed by atoms with E-state index in [9.17, 15) is 9.59 Å². The number of fused-ring (bicyclic) bond motifs is 1. The summed E-state index contributed by atoms with van der Waals surface area (Å²) in [6.07, 6.45) is 2.00. The molecule has 0 fully saturated rings. The number of nitrogens with zero attached hydrogens (tertiary/aromatic N) is 1. The number of carbonyl (C=O) groups is 2. The zero-order chi connectivity index (χ0) is 17.3. The van der Waals surface area contributed by atoms with Gasteiger partial charge < -0.3 is 10.2 Å². The number of anilines is 2. The van der Waals surface area contributed by atoms with E-state index in [1.807, 2.05) is 4.90 Å². The van der Waals surface area contributed by atoms with Gasteiger partial charge in [-0.05, 0) is 73.7 Å². The summed E-state index contributed by atoms with van der Waals surface area (Å²) in [6.45, 7) is 6.38. The van der Waals surface area contributed by atoms with Crippen molar-refractivity contribution in [3.8, 4) is 0 Å². The van der Waals surface area contributed by atoms with Crippen LogP contribution >= 0.6 is 0 Å². The minimum atomic E-state index is -0.120. The lowest BCUT2D eigenvalue weighted by Crippen LogP contribution is -2.35. The van der Waals surface area contributed by atoms with Crippen LogP contribution in [0.25, 0.3) is 0 Å². The molecule has 1 aliphatic heterocycles. The summed E-state index contributed by atoms with van der Waals surface area (Å²) in [5.74, 6) is -0.111. The molecule has 4 nitrogen and oxygen atoms in total. The van der Waals surface area contributed by atoms with Gasteiger partial charge in [0.1, 0.15) is 0 Å². The number of carbonyl (C=O) groups excluding carboxylic acids is 2. The Kier molecular flexibility index (Phi) is 4.38. The van der Waals surface area contributed by atoms with E-state index in [-0.39, 0.29) is 11.8 Å². The van der Waals surface area contributed by atoms with E-state index in [0.29, 0.717) is 11.3 Å². The molecule has 4 heteroatoms. The Morgan fingerprint density at radius 1 is 1.08 bits per heavy atom. The Balaban J connectivity index is 1.90. The maximum absolute atomic E-state index is 13.0. The Hall–Kier alpha value is -2.62. The van der Waals surface area contributed by atoms with Crippen molar-refractivity contribution < 1.29 is 9.59 Å². The number of aryl methyl sites for hydroxylation is 2. The van der Waals surface area contributed by atoms with Gasteiger partial charge in [0.25, 0.3) is 5.91 Å². The van der Waals surface area contributed by atoms with Gasteiger partial charge >= 0.3 is 0 Å². The van der Waals surface area contributed by atoms with Crippen LogP contribution in [0, 0.1) is 13.8 Å². The molecule has 0 spiro atoms. The van der Waals surface area contributed by atoms with Gasteiger partial charge in [0.15, 0.2) is 0 Å². The van der Waals surface area contributed by atoms with Crippen LogP contribution in [0.4, 0.5) is 11.4 Å². The van der Waals surface area contributed by atoms with E-state index in [1.165, 1.54) is 23.6 Å². The minimum absolute atomic E-state index is 0.00956. The molecule has 2 amide bonds. The number of rotatable bonds is 2. The number of amides is 2. The summed E-state index contributed by atoms with van der Waals surface area (Å²) in [6, 6.07) is 11.3. The minimum Gasteiger partial charge on any atom is -0.326 e. The smallest absolute Gasteiger partial charge is 0.258 e. The molecule has 0 aromatic heterocycles. The largest absolute Gasteiger partial charge is 0.326 e. The Morgan fingerprint density at radius 3 is 2.46 bits per heavy atom. The van der Waals surface area contributed by atoms with Crippen LogP contribution in [0.15, 0.2) is 36.4 Å². The van der Waals surface area contributed by atoms with E-state index >= 15 is 0 Å². The van der Waals surface area contributed by atoms with Crippen LogP contribution in [-0.4, -0.2) is 18.4 Å². The van der Waals surface area contributed by atoms with Crippen molar-refractivity contribution in [3.05, 3.63) is 58.7 Å². The van der Waals surface area contributed by atoms with Crippen molar-refractivity contribution in [2.75, 3.05) is 16.8 Å². The molecule has 0 unspecified atom stereocenters. The van der Waals surface area contributed by atoms with Crippen molar-refractivity contribution in [2.24, 2.45) is 0 Å². The van der Waals surface area contributed by atoms with Crippen molar-refractivity contribution in [1.82, 2.24) is 0 Å². The third-order valence-electron chi connectivity index (χ3n) is 4.39. The number of hydrogen-bond acceptors (Lipinski definition) is 2. The van der Waals surface area contributed by atoms with Crippen LogP contribution in [0.1, 0.15) is 40.4 Å². The summed E-state index contributed by atoms with van der Waals surface area (Å²) in [5.41, 5.74) is 6.07. The van der Waals surface area contributed by atoms with E-state index in [2.05, 4.69) is 31.3 Å². The molecule has 124 valence electrons. The Labute approximate surface area is 142 Å². The predicted octanol–water partition coefficient (Wildman–Crippen LogP) is 3.85. The second kappa shape index (κ2) is 6.48. The summed E-state index contributed by atoms with van der Waals surface area (Å²) in [7, 11) is 0. The van der Waals surface area contributed by atoms with Crippen molar-refractivity contribution in [3.63, 3.8) is 0 Å². The molecule has 2 aromatic rings. The topological polar surface area (TPSA) is 49.4 Å². The third-order valence-corrected chi connectivity index (χ3v) is 4.39. The highest BCUT2D eigenvalue weighted by Crippen LogP contribution is 2.32. The normalized spacial score (nSPS) is 13.4. The van der Waals surface area contributed by atoms with Gasteiger partial charge in [0.2, 0.25) is 5.91 Å². The van der Waals surface area contributed by atoms with E-state index in [4.69, 9.17) is 0 Å². The highest BCUT2D eigenvalue weighted by Gasteiger charge is 2.24. The van der Waals surface area contributed by atoms with Crippen LogP contribution < -0.4 is 10.2 Å². The van der Waals surface area contributed by atoms with Gasteiger partial charge in [0, 0.05) is 30.4 Å². The number of benzene rings is 2. The average Bonchev–Trinajstić information content (AvgIpc) is 2.54. The van der Waals surface area contributed by atoms with Crippen LogP contribution in [0.3, 0.4) is 0 Å². The highest BCUT2D eigenvalue weighted by atomic mass is 16.2. The fraction of sp³-hybridized carbons (Fsp3) is 0.300. The van der Waals surface area contributed by atoms with Crippen LogP contribution in [0.5, 0.6) is 0 Å². The second-order valence-electron chi connectivity index (χ2n) is 6.40. The Bertz CT molecular complexity index is 794. The van der Waals surface area contributed by atoms with Crippen LogP contribution in [-0.2, 0) is 11.2 Å². The molecule has 2 aromatic carbocycles. The van der Waals surface area contributed by atoms with E-state index in [1.54, 1.807) is 24.3 Å². The van der Waals surface area contributed by atoms with Gasteiger partial charge in [-0.3, -0.25) is 9.59 Å². The maximum atomic E-state index is 13.0. The molecule has 1 heterocycles. The molecule has 0 atom stereocenters. The van der Waals surface area contributed by atoms with Gasteiger partial charge in [-0.25, -0.2) is 0 Å². The van der Waals surface area contributed by atoms with Crippen molar-refractivity contribution >= 4 is 23.2 Å². The molecular weight excluding hydrogens is 300 g/mol. The molecular formula is C20H22N2O2. The van der Waals surface area contributed by atoms with Crippen molar-refractivity contribution in [1.29, 1.82) is 0 Å². The molecule has 1 aliphatic rings. The number of nitrogens with one attached hydrogen (secondary N) is 1. The monoisotopic (exact) mass is 322 g/mol. The lowest BCUT2D eigenvalue weighted by molar-refractivity contribution is -0.114. The highest BCUT2D eigenvalue weighted by molar-refractivity contribution is 6.07. The zero-order valence-corrected chi connectivity index (χ0v) is 14.3. The average molecular weight is 322 g/mol. The molecule has 0 aliphatic carbocycles. The first-order valence-electron chi connectivity index (χ1n) is 8.25. The van der Waals surface area contributed by atoms with E-state index in [0.717, 1.165) is 25.1 Å². The Morgan fingerprint density at radius 2 is 1.79 bits per heavy atom. The van der Waals surface area contributed by atoms with Gasteiger partial charge in [0.05, 0.1) is 0 Å². The first kappa shape index (κ1) is 16.2. The molecule has 3 rings (SSSR count). The number of hydrogen-bond donors (Lipinski definition) is 1. The lowest BCUT2D eigenvalue weighted by atomic mass is 9.94. The molecule has 0 bridgehead atoms. The van der Waals surface area contributed by atoms with E-state index < -0.39 is 0 Å². The molecule has 24 heavy (non-hydrogen) atoms. The fourth-order valence-corrected chi connectivity index (χ4v) is 3.34. The summed E-state index contributed by atoms with van der Waals surface area (Å²) in [4.78, 5) is 25.9. The van der Waals surface area contributed by atoms with Crippen molar-refractivity contribution in [2.45, 2.75) is 33.6 Å². The summed E-state index contributed by atoms with van der Waals surface area (Å²) < 4.78 is 0. The summed E-state index contributed by atoms with van der Waals surface area (Å²) in [5, 5.41) is 2.72. The van der Waals surface area contributed by atoms with Gasteiger partial charge in [-0.15, -0.1) is 0 Å². The standard InChI is InChI=1S/C20H22N2O2/c1-13-11-14(2)18-5-4-10-22(19(18)12-13)20(24)16-6-8-17(9-7-16)21-15(3)23/h6-9,11-12H,4-5,10H2,1-3H3,(H,21,23). The second-order valence-corrected chi connectivity index (χ2v) is 6.40. The molecule has 0 saturated heterocycles. The van der Waals surface area contributed by atoms with Gasteiger partial charge in [-0.2, -0.15) is 0 Å². The van der Waals surface area contributed by atoms with Gasteiger partial charge in [-0.1, -0.05) is 6.07 Å². The predicted molar refractivity (Wildman–Crippen MR) is 96.7 cm³/mol. The maximum Gasteiger partial charge on any atom is 0.258 e. The summed E-state index contributed by atoms with van der Waals surface area (Å²) >= 11 is 0. The third kappa shape index (κ3) is 3.18. The quantitative estimate of drug-likeness (QED) is 0.913. The first-order valence-corrected chi connectivity index (χ1v) is 8.25. The molecule has 0 saturated carbocycles. The van der Waals surface area contributed by atoms with Crippen LogP contribution in [0.2, 0.25) is 0 Å².